The normalized spacial score (nSPS) is 13.8. The Morgan fingerprint density at radius 2 is 1.88 bits per heavy atom. The van der Waals surface area contributed by atoms with Crippen LogP contribution in [0.15, 0.2) is 71.9 Å². The van der Waals surface area contributed by atoms with Crippen LogP contribution in [-0.4, -0.2) is 35.6 Å². The fourth-order valence-corrected chi connectivity index (χ4v) is 5.85. The van der Waals surface area contributed by atoms with E-state index in [-0.39, 0.29) is 16.5 Å². The Kier molecular flexibility index (Phi) is 5.57. The van der Waals surface area contributed by atoms with Gasteiger partial charge in [0.25, 0.3) is 15.9 Å². The SMILES string of the molecule is CC(C)n1ncc2cc(NC(=O)c3cccc(S(=O)(=O)N4CCCc5ccccc54)c3)cnc21. The lowest BCUT2D eigenvalue weighted by molar-refractivity contribution is 0.102. The minimum Gasteiger partial charge on any atom is -0.321 e. The monoisotopic (exact) mass is 475 g/mol. The van der Waals surface area contributed by atoms with Crippen LogP contribution in [-0.2, 0) is 16.4 Å². The summed E-state index contributed by atoms with van der Waals surface area (Å²) >= 11 is 0. The summed E-state index contributed by atoms with van der Waals surface area (Å²) in [5, 5.41) is 7.97. The number of nitrogens with one attached hydrogen (secondary N) is 1. The van der Waals surface area contributed by atoms with E-state index in [9.17, 15) is 13.2 Å². The molecule has 1 N–H and O–H groups in total. The van der Waals surface area contributed by atoms with Crippen molar-refractivity contribution < 1.29 is 13.2 Å². The summed E-state index contributed by atoms with van der Waals surface area (Å²) in [5.74, 6) is -0.409. The summed E-state index contributed by atoms with van der Waals surface area (Å²) in [6, 6.07) is 15.6. The van der Waals surface area contributed by atoms with Gasteiger partial charge in [-0.1, -0.05) is 24.3 Å². The Bertz CT molecular complexity index is 1490. The van der Waals surface area contributed by atoms with Gasteiger partial charge in [0.05, 0.1) is 28.7 Å². The van der Waals surface area contributed by atoms with Crippen LogP contribution in [0.2, 0.25) is 0 Å². The fraction of sp³-hybridized carbons (Fsp3) is 0.240. The van der Waals surface area contributed by atoms with Crippen molar-refractivity contribution in [2.24, 2.45) is 0 Å². The van der Waals surface area contributed by atoms with Gasteiger partial charge in [-0.2, -0.15) is 5.10 Å². The minimum absolute atomic E-state index is 0.0867. The molecule has 0 unspecified atom stereocenters. The third-order valence-electron chi connectivity index (χ3n) is 5.93. The predicted octanol–water partition coefficient (Wildman–Crippen LogP) is 4.41. The van der Waals surface area contributed by atoms with Gasteiger partial charge in [0.15, 0.2) is 5.65 Å². The first-order chi connectivity index (χ1) is 16.3. The van der Waals surface area contributed by atoms with E-state index in [4.69, 9.17) is 0 Å². The Morgan fingerprint density at radius 3 is 2.71 bits per heavy atom. The molecule has 4 aromatic rings. The van der Waals surface area contributed by atoms with Crippen molar-refractivity contribution in [3.63, 3.8) is 0 Å². The van der Waals surface area contributed by atoms with E-state index in [0.29, 0.717) is 17.9 Å². The number of para-hydroxylation sites is 1. The maximum absolute atomic E-state index is 13.5. The maximum atomic E-state index is 13.5. The summed E-state index contributed by atoms with van der Waals surface area (Å²) in [6.07, 6.45) is 4.88. The molecule has 0 bridgehead atoms. The zero-order valence-electron chi connectivity index (χ0n) is 19.0. The highest BCUT2D eigenvalue weighted by Gasteiger charge is 2.29. The van der Waals surface area contributed by atoms with Crippen LogP contribution in [0.5, 0.6) is 0 Å². The highest BCUT2D eigenvalue weighted by atomic mass is 32.2. The molecule has 174 valence electrons. The molecule has 8 nitrogen and oxygen atoms in total. The van der Waals surface area contributed by atoms with Gasteiger partial charge in [0, 0.05) is 23.5 Å². The molecule has 0 saturated carbocycles. The van der Waals surface area contributed by atoms with Gasteiger partial charge in [-0.15, -0.1) is 0 Å². The molecule has 0 aliphatic carbocycles. The van der Waals surface area contributed by atoms with Crippen LogP contribution in [0.4, 0.5) is 11.4 Å². The van der Waals surface area contributed by atoms with Gasteiger partial charge in [0.1, 0.15) is 0 Å². The number of fused-ring (bicyclic) bond motifs is 2. The quantitative estimate of drug-likeness (QED) is 0.461. The number of carbonyl (C=O) groups excluding carboxylic acids is 1. The molecular weight excluding hydrogens is 450 g/mol. The topological polar surface area (TPSA) is 97.2 Å². The standard InChI is InChI=1S/C25H25N5O3S/c1-17(2)30-24-20(15-27-30)13-21(16-26-24)28-25(31)19-8-5-10-22(14-19)34(32,33)29-12-6-9-18-7-3-4-11-23(18)29/h3-5,7-8,10-11,13-17H,6,9,12H2,1-2H3,(H,28,31). The van der Waals surface area contributed by atoms with Gasteiger partial charge < -0.3 is 5.32 Å². The second-order valence-electron chi connectivity index (χ2n) is 8.61. The first-order valence-electron chi connectivity index (χ1n) is 11.2. The van der Waals surface area contributed by atoms with Crippen LogP contribution >= 0.6 is 0 Å². The number of rotatable bonds is 5. The van der Waals surface area contributed by atoms with Crippen LogP contribution in [0, 0.1) is 0 Å². The molecule has 1 aliphatic rings. The maximum Gasteiger partial charge on any atom is 0.264 e. The zero-order chi connectivity index (χ0) is 23.9. The van der Waals surface area contributed by atoms with E-state index < -0.39 is 15.9 Å². The van der Waals surface area contributed by atoms with Gasteiger partial charge in [0.2, 0.25) is 0 Å². The van der Waals surface area contributed by atoms with E-state index in [1.54, 1.807) is 30.6 Å². The Balaban J connectivity index is 1.41. The number of nitrogens with zero attached hydrogens (tertiary/aromatic N) is 4. The van der Waals surface area contributed by atoms with E-state index in [1.807, 2.05) is 42.8 Å². The van der Waals surface area contributed by atoms with Crippen molar-refractivity contribution in [3.05, 3.63) is 78.1 Å². The molecule has 0 fully saturated rings. The Hall–Kier alpha value is -3.72. The fourth-order valence-electron chi connectivity index (χ4n) is 4.26. The number of anilines is 2. The first-order valence-corrected chi connectivity index (χ1v) is 12.6. The summed E-state index contributed by atoms with van der Waals surface area (Å²) < 4.78 is 30.2. The molecular formula is C25H25N5O3S. The van der Waals surface area contributed by atoms with Gasteiger partial charge >= 0.3 is 0 Å². The second kappa shape index (κ2) is 8.57. The molecule has 0 saturated heterocycles. The lowest BCUT2D eigenvalue weighted by Gasteiger charge is -2.30. The molecule has 0 spiro atoms. The molecule has 0 radical (unpaired) electrons. The van der Waals surface area contributed by atoms with E-state index in [2.05, 4.69) is 15.4 Å². The molecule has 3 heterocycles. The average Bonchev–Trinajstić information content (AvgIpc) is 3.27. The lowest BCUT2D eigenvalue weighted by atomic mass is 10.0. The van der Waals surface area contributed by atoms with E-state index >= 15 is 0 Å². The smallest absolute Gasteiger partial charge is 0.264 e. The van der Waals surface area contributed by atoms with Gasteiger partial charge in [-0.25, -0.2) is 18.1 Å². The summed E-state index contributed by atoms with van der Waals surface area (Å²) in [6.45, 7) is 4.45. The van der Waals surface area contributed by atoms with E-state index in [0.717, 1.165) is 29.4 Å². The zero-order valence-corrected chi connectivity index (χ0v) is 19.8. The second-order valence-corrected chi connectivity index (χ2v) is 10.5. The van der Waals surface area contributed by atoms with E-state index in [1.165, 1.54) is 16.4 Å². The number of aromatic nitrogens is 3. The van der Waals surface area contributed by atoms with Crippen LogP contribution in [0.25, 0.3) is 11.0 Å². The van der Waals surface area contributed by atoms with Crippen LogP contribution < -0.4 is 9.62 Å². The first kappa shape index (κ1) is 22.1. The Labute approximate surface area is 198 Å². The van der Waals surface area contributed by atoms with Crippen molar-refractivity contribution >= 4 is 38.3 Å². The Morgan fingerprint density at radius 1 is 1.06 bits per heavy atom. The lowest BCUT2D eigenvalue weighted by Crippen LogP contribution is -2.35. The van der Waals surface area contributed by atoms with Crippen LogP contribution in [0.3, 0.4) is 0 Å². The molecule has 2 aromatic carbocycles. The minimum atomic E-state index is -3.81. The molecule has 1 amide bonds. The number of aryl methyl sites for hydroxylation is 1. The van der Waals surface area contributed by atoms with Crippen molar-refractivity contribution in [2.75, 3.05) is 16.2 Å². The molecule has 2 aromatic heterocycles. The molecule has 5 rings (SSSR count). The van der Waals surface area contributed by atoms with Crippen LogP contribution in [0.1, 0.15) is 42.2 Å². The highest BCUT2D eigenvalue weighted by Crippen LogP contribution is 2.32. The predicted molar refractivity (Wildman–Crippen MR) is 132 cm³/mol. The molecule has 1 aliphatic heterocycles. The van der Waals surface area contributed by atoms with Crippen molar-refractivity contribution in [1.82, 2.24) is 14.8 Å². The highest BCUT2D eigenvalue weighted by molar-refractivity contribution is 7.92. The van der Waals surface area contributed by atoms with Crippen molar-refractivity contribution in [2.45, 2.75) is 37.6 Å². The van der Waals surface area contributed by atoms with Gasteiger partial charge in [-0.3, -0.25) is 9.10 Å². The number of amides is 1. The van der Waals surface area contributed by atoms with Crippen molar-refractivity contribution in [3.8, 4) is 0 Å². The summed E-state index contributed by atoms with van der Waals surface area (Å²) in [4.78, 5) is 17.5. The number of sulfonamides is 1. The molecule has 0 atom stereocenters. The number of carbonyl (C=O) groups is 1. The van der Waals surface area contributed by atoms with Crippen molar-refractivity contribution in [1.29, 1.82) is 0 Å². The molecule has 9 heteroatoms. The summed E-state index contributed by atoms with van der Waals surface area (Å²) in [5.41, 5.74) is 3.21. The molecule has 34 heavy (non-hydrogen) atoms. The summed E-state index contributed by atoms with van der Waals surface area (Å²) in [7, 11) is -3.81. The number of hydrogen-bond acceptors (Lipinski definition) is 5. The third kappa shape index (κ3) is 3.92. The number of hydrogen-bond donors (Lipinski definition) is 1. The number of benzene rings is 2. The number of pyridine rings is 1. The largest absolute Gasteiger partial charge is 0.321 e. The third-order valence-corrected chi connectivity index (χ3v) is 7.74. The van der Waals surface area contributed by atoms with Gasteiger partial charge in [-0.05, 0) is 62.6 Å². The average molecular weight is 476 g/mol.